The number of anilines is 3. The molecular weight excluding hydrogens is 534 g/mol. The second-order valence-electron chi connectivity index (χ2n) is 11.5. The zero-order valence-corrected chi connectivity index (χ0v) is 24.7. The van der Waals surface area contributed by atoms with Crippen LogP contribution in [0.2, 0.25) is 0 Å². The maximum atomic E-state index is 9.95. The molecule has 0 saturated heterocycles. The van der Waals surface area contributed by atoms with Crippen molar-refractivity contribution in [2.45, 2.75) is 32.6 Å². The minimum atomic E-state index is 0.591. The van der Waals surface area contributed by atoms with E-state index in [9.17, 15) is 5.26 Å². The zero-order valence-electron chi connectivity index (χ0n) is 24.7. The van der Waals surface area contributed by atoms with E-state index in [1.165, 1.54) is 35.2 Å². The minimum Gasteiger partial charge on any atom is -0.310 e. The molecule has 0 fully saturated rings. The van der Waals surface area contributed by atoms with Crippen molar-refractivity contribution in [3.05, 3.63) is 154 Å². The van der Waals surface area contributed by atoms with Crippen LogP contribution in [-0.2, 0) is 12.8 Å². The predicted molar refractivity (Wildman–Crippen MR) is 184 cm³/mol. The molecule has 0 spiro atoms. The molecule has 0 radical (unpaired) electrons. The van der Waals surface area contributed by atoms with Crippen LogP contribution in [0, 0.1) is 24.8 Å². The van der Waals surface area contributed by atoms with E-state index in [1.807, 2.05) is 42.5 Å². The normalized spacial score (nSPS) is 12.6. The van der Waals surface area contributed by atoms with E-state index in [4.69, 9.17) is 6.57 Å². The molecule has 3 nitrogen and oxygen atoms in total. The van der Waals surface area contributed by atoms with Gasteiger partial charge in [0.05, 0.1) is 12.1 Å². The van der Waals surface area contributed by atoms with Crippen LogP contribution < -0.4 is 4.90 Å². The zero-order chi connectivity index (χ0) is 30.0. The Labute approximate surface area is 258 Å². The average molecular weight is 566 g/mol. The molecular formula is C41H31N3. The molecule has 0 aromatic heterocycles. The number of nitriles is 1. The molecule has 210 valence electrons. The molecule has 0 atom stereocenters. The van der Waals surface area contributed by atoms with E-state index in [0.29, 0.717) is 11.3 Å². The molecule has 0 aliphatic heterocycles. The quantitative estimate of drug-likeness (QED) is 0.118. The van der Waals surface area contributed by atoms with Crippen molar-refractivity contribution in [1.82, 2.24) is 0 Å². The Morgan fingerprint density at radius 1 is 0.705 bits per heavy atom. The first-order valence-electron chi connectivity index (χ1n) is 15.2. The number of aryl methyl sites for hydroxylation is 2. The van der Waals surface area contributed by atoms with Gasteiger partial charge in [-0.25, -0.2) is 4.85 Å². The van der Waals surface area contributed by atoms with Crippen LogP contribution in [-0.4, -0.2) is 0 Å². The van der Waals surface area contributed by atoms with Gasteiger partial charge in [-0.1, -0.05) is 96.6 Å². The van der Waals surface area contributed by atoms with E-state index in [0.717, 1.165) is 56.9 Å². The lowest BCUT2D eigenvalue weighted by Gasteiger charge is -2.30. The van der Waals surface area contributed by atoms with Gasteiger partial charge in [0.15, 0.2) is 0 Å². The molecule has 0 heterocycles. The highest BCUT2D eigenvalue weighted by Gasteiger charge is 2.20. The van der Waals surface area contributed by atoms with Crippen molar-refractivity contribution in [2.24, 2.45) is 0 Å². The van der Waals surface area contributed by atoms with Gasteiger partial charge in [0.25, 0.3) is 0 Å². The van der Waals surface area contributed by atoms with Crippen molar-refractivity contribution in [3.8, 4) is 6.07 Å². The highest BCUT2D eigenvalue weighted by Crippen LogP contribution is 2.41. The van der Waals surface area contributed by atoms with Crippen LogP contribution in [0.3, 0.4) is 0 Å². The van der Waals surface area contributed by atoms with Gasteiger partial charge in [-0.05, 0) is 107 Å². The SMILES string of the molecule is [C-]#[N+]c1c2ccccc2c(C#N)c2ccc(C=Cc3ccc(N(c4ccc(C)cc4)c4cccc5c4CCCC5)cc3)cc12. The number of nitrogens with zero attached hydrogens (tertiary/aromatic N) is 3. The van der Waals surface area contributed by atoms with Crippen molar-refractivity contribution in [3.63, 3.8) is 0 Å². The summed E-state index contributed by atoms with van der Waals surface area (Å²) in [5, 5.41) is 13.2. The van der Waals surface area contributed by atoms with Gasteiger partial charge in [0, 0.05) is 17.1 Å². The fraction of sp³-hybridized carbons (Fsp3) is 0.122. The fourth-order valence-corrected chi connectivity index (χ4v) is 6.54. The lowest BCUT2D eigenvalue weighted by molar-refractivity contribution is 0.686. The third-order valence-corrected chi connectivity index (χ3v) is 8.77. The summed E-state index contributed by atoms with van der Waals surface area (Å²) in [6.45, 7) is 10.0. The fourth-order valence-electron chi connectivity index (χ4n) is 6.54. The van der Waals surface area contributed by atoms with Crippen LogP contribution in [0.5, 0.6) is 0 Å². The predicted octanol–water partition coefficient (Wildman–Crippen LogP) is 11.2. The summed E-state index contributed by atoms with van der Waals surface area (Å²) in [6.07, 6.45) is 8.93. The van der Waals surface area contributed by atoms with Gasteiger partial charge < -0.3 is 4.90 Å². The average Bonchev–Trinajstić information content (AvgIpc) is 3.07. The van der Waals surface area contributed by atoms with Crippen LogP contribution in [0.4, 0.5) is 22.7 Å². The highest BCUT2D eigenvalue weighted by atomic mass is 15.1. The molecule has 7 rings (SSSR count). The monoisotopic (exact) mass is 565 g/mol. The lowest BCUT2D eigenvalue weighted by atomic mass is 9.90. The van der Waals surface area contributed by atoms with Crippen molar-refractivity contribution >= 4 is 56.4 Å². The second kappa shape index (κ2) is 11.6. The van der Waals surface area contributed by atoms with E-state index in [1.54, 1.807) is 0 Å². The molecule has 1 aliphatic rings. The van der Waals surface area contributed by atoms with Crippen LogP contribution in [0.15, 0.2) is 109 Å². The molecule has 3 heteroatoms. The first-order chi connectivity index (χ1) is 21.6. The number of fused-ring (bicyclic) bond motifs is 3. The highest BCUT2D eigenvalue weighted by molar-refractivity contribution is 6.15. The summed E-state index contributed by atoms with van der Waals surface area (Å²) in [6, 6.07) is 40.3. The molecule has 1 aliphatic carbocycles. The number of hydrogen-bond donors (Lipinski definition) is 0. The third kappa shape index (κ3) is 4.90. The van der Waals surface area contributed by atoms with Crippen LogP contribution in [0.25, 0.3) is 38.5 Å². The van der Waals surface area contributed by atoms with Gasteiger partial charge in [-0.2, -0.15) is 5.26 Å². The van der Waals surface area contributed by atoms with Gasteiger partial charge in [-0.3, -0.25) is 0 Å². The van der Waals surface area contributed by atoms with E-state index < -0.39 is 0 Å². The summed E-state index contributed by atoms with van der Waals surface area (Å²) >= 11 is 0. The molecule has 6 aromatic carbocycles. The van der Waals surface area contributed by atoms with Gasteiger partial charge in [-0.15, -0.1) is 0 Å². The van der Waals surface area contributed by atoms with Gasteiger partial charge in [0.1, 0.15) is 6.07 Å². The summed E-state index contributed by atoms with van der Waals surface area (Å²) in [5.74, 6) is 0. The Morgan fingerprint density at radius 2 is 1.36 bits per heavy atom. The largest absolute Gasteiger partial charge is 0.310 e. The topological polar surface area (TPSA) is 31.4 Å². The van der Waals surface area contributed by atoms with Crippen LogP contribution >= 0.6 is 0 Å². The summed E-state index contributed by atoms with van der Waals surface area (Å²) < 4.78 is 0. The Hall–Kier alpha value is -5.64. The molecule has 0 amide bonds. The van der Waals surface area contributed by atoms with Gasteiger partial charge in [0.2, 0.25) is 5.69 Å². The van der Waals surface area contributed by atoms with Gasteiger partial charge >= 0.3 is 0 Å². The van der Waals surface area contributed by atoms with Crippen LogP contribution in [0.1, 0.15) is 46.2 Å². The molecule has 44 heavy (non-hydrogen) atoms. The molecule has 0 unspecified atom stereocenters. The van der Waals surface area contributed by atoms with E-state index >= 15 is 0 Å². The first kappa shape index (κ1) is 27.2. The molecule has 0 saturated carbocycles. The summed E-state index contributed by atoms with van der Waals surface area (Å²) in [4.78, 5) is 6.27. The Kier molecular flexibility index (Phi) is 7.15. The lowest BCUT2D eigenvalue weighted by Crippen LogP contribution is -2.15. The summed E-state index contributed by atoms with van der Waals surface area (Å²) in [5.41, 5.74) is 11.0. The third-order valence-electron chi connectivity index (χ3n) is 8.77. The molecule has 0 N–H and O–H groups in total. The Morgan fingerprint density at radius 3 is 2.11 bits per heavy atom. The standard InChI is InChI=1S/C41H31N3/c1-28-14-21-32(22-15-28)44(40-13-7-9-31-8-3-4-10-34(31)40)33-23-18-29(19-24-33)16-17-30-20-25-36-38(26-30)41(43-2)37-12-6-5-11-35(37)39(36)27-42/h5-7,9,11-26H,3-4,8,10H2,1H3. The van der Waals surface area contributed by atoms with E-state index in [2.05, 4.69) is 102 Å². The number of rotatable bonds is 5. The van der Waals surface area contributed by atoms with Crippen molar-refractivity contribution < 1.29 is 0 Å². The number of hydrogen-bond acceptors (Lipinski definition) is 2. The van der Waals surface area contributed by atoms with Crippen molar-refractivity contribution in [2.75, 3.05) is 4.90 Å². The first-order valence-corrected chi connectivity index (χ1v) is 15.2. The molecule has 6 aromatic rings. The summed E-state index contributed by atoms with van der Waals surface area (Å²) in [7, 11) is 0. The molecule has 0 bridgehead atoms. The van der Waals surface area contributed by atoms with E-state index in [-0.39, 0.29) is 0 Å². The smallest absolute Gasteiger partial charge is 0.202 e. The Bertz CT molecular complexity index is 2140. The second-order valence-corrected chi connectivity index (χ2v) is 11.5. The van der Waals surface area contributed by atoms with Crippen molar-refractivity contribution in [1.29, 1.82) is 5.26 Å². The maximum Gasteiger partial charge on any atom is 0.202 e. The maximum absolute atomic E-state index is 9.95. The minimum absolute atomic E-state index is 0.591. The number of benzene rings is 6. The Balaban J connectivity index is 1.24.